The van der Waals surface area contributed by atoms with Gasteiger partial charge in [-0.1, -0.05) is 12.1 Å². The number of alkyl halides is 3. The molecule has 0 saturated carbocycles. The van der Waals surface area contributed by atoms with E-state index >= 15 is 0 Å². The third kappa shape index (κ3) is 5.81. The van der Waals surface area contributed by atoms with Gasteiger partial charge in [0.2, 0.25) is 5.09 Å². The molecular formula is C27H22F4N2O5S. The van der Waals surface area contributed by atoms with Gasteiger partial charge < -0.3 is 9.15 Å². The van der Waals surface area contributed by atoms with Crippen LogP contribution < -0.4 is 4.74 Å². The van der Waals surface area contributed by atoms with E-state index in [0.29, 0.717) is 30.4 Å². The fourth-order valence-electron chi connectivity index (χ4n) is 4.51. The minimum atomic E-state index is -4.59. The molecule has 5 rings (SSSR count). The number of Topliss-reactive ketones (excluding diaryl/α,β-unsaturated/α-hetero) is 1. The van der Waals surface area contributed by atoms with Crippen molar-refractivity contribution in [3.05, 3.63) is 83.9 Å². The molecule has 1 saturated heterocycles. The highest BCUT2D eigenvalue weighted by Gasteiger charge is 2.40. The number of rotatable bonds is 8. The van der Waals surface area contributed by atoms with Crippen molar-refractivity contribution in [3.8, 4) is 11.5 Å². The third-order valence-electron chi connectivity index (χ3n) is 6.44. The van der Waals surface area contributed by atoms with E-state index in [1.54, 1.807) is 24.3 Å². The lowest BCUT2D eigenvalue weighted by molar-refractivity contribution is -0.141. The highest BCUT2D eigenvalue weighted by atomic mass is 32.2. The predicted octanol–water partition coefficient (Wildman–Crippen LogP) is 6.13. The second-order valence-corrected chi connectivity index (χ2v) is 10.9. The number of furan rings is 1. The van der Waals surface area contributed by atoms with E-state index in [9.17, 15) is 30.8 Å². The number of ether oxygens (including phenoxy) is 1. The number of benzene rings is 2. The van der Waals surface area contributed by atoms with Gasteiger partial charge in [-0.05, 0) is 61.2 Å². The van der Waals surface area contributed by atoms with Gasteiger partial charge in [0.25, 0.3) is 10.0 Å². The zero-order valence-electron chi connectivity index (χ0n) is 20.3. The number of hydrogen-bond donors (Lipinski definition) is 0. The molecule has 0 aliphatic carbocycles. The summed E-state index contributed by atoms with van der Waals surface area (Å²) < 4.78 is 90.7. The molecule has 7 nitrogen and oxygen atoms in total. The average Bonchev–Trinajstić information content (AvgIpc) is 3.56. The summed E-state index contributed by atoms with van der Waals surface area (Å²) in [7, 11) is -4.11. The molecule has 1 unspecified atom stereocenters. The van der Waals surface area contributed by atoms with Crippen molar-refractivity contribution < 1.29 is 39.9 Å². The van der Waals surface area contributed by atoms with Gasteiger partial charge >= 0.3 is 6.18 Å². The molecule has 4 aromatic rings. The van der Waals surface area contributed by atoms with Gasteiger partial charge in [0.15, 0.2) is 5.78 Å². The first kappa shape index (κ1) is 26.8. The largest absolute Gasteiger partial charge is 0.457 e. The van der Waals surface area contributed by atoms with Crippen molar-refractivity contribution in [2.45, 2.75) is 43.0 Å². The molecule has 0 N–H and O–H groups in total. The summed E-state index contributed by atoms with van der Waals surface area (Å²) >= 11 is 0. The lowest BCUT2D eigenvalue weighted by Crippen LogP contribution is -2.40. The van der Waals surface area contributed by atoms with Crippen LogP contribution in [0.15, 0.2) is 76.4 Å². The SMILES string of the molecule is O=C(CCc1ccc(Oc2ccnc(C(F)(F)F)c2)cc1)C1CCCN1S(=O)(=O)c1cc2cc(F)ccc2o1. The lowest BCUT2D eigenvalue weighted by atomic mass is 10.0. The van der Waals surface area contributed by atoms with Crippen molar-refractivity contribution in [1.29, 1.82) is 0 Å². The first-order valence-electron chi connectivity index (χ1n) is 12.0. The summed E-state index contributed by atoms with van der Waals surface area (Å²) in [5.74, 6) is -0.468. The van der Waals surface area contributed by atoms with Crippen molar-refractivity contribution >= 4 is 26.8 Å². The molecule has 1 aliphatic rings. The third-order valence-corrected chi connectivity index (χ3v) is 8.20. The van der Waals surface area contributed by atoms with Gasteiger partial charge in [-0.15, -0.1) is 0 Å². The zero-order chi connectivity index (χ0) is 27.8. The van der Waals surface area contributed by atoms with E-state index in [1.165, 1.54) is 30.3 Å². The fraction of sp³-hybridized carbons (Fsp3) is 0.259. The summed E-state index contributed by atoms with van der Waals surface area (Å²) in [5, 5.41) is -0.0252. The second-order valence-electron chi connectivity index (χ2n) is 9.11. The van der Waals surface area contributed by atoms with Crippen molar-refractivity contribution in [3.63, 3.8) is 0 Å². The maximum Gasteiger partial charge on any atom is 0.433 e. The highest BCUT2D eigenvalue weighted by Crippen LogP contribution is 2.33. The highest BCUT2D eigenvalue weighted by molar-refractivity contribution is 7.89. The number of aromatic nitrogens is 1. The van der Waals surface area contributed by atoms with Gasteiger partial charge in [0.1, 0.15) is 28.6 Å². The Kier molecular flexibility index (Phi) is 7.17. The number of sulfonamides is 1. The maximum absolute atomic E-state index is 13.5. The molecule has 0 radical (unpaired) electrons. The Balaban J connectivity index is 1.22. The molecule has 1 atom stereocenters. The molecule has 0 amide bonds. The number of pyridine rings is 1. The number of nitrogens with zero attached hydrogens (tertiary/aromatic N) is 2. The molecule has 12 heteroatoms. The molecule has 1 aliphatic heterocycles. The first-order chi connectivity index (χ1) is 18.5. The van der Waals surface area contributed by atoms with E-state index in [-0.39, 0.29) is 35.2 Å². The summed E-state index contributed by atoms with van der Waals surface area (Å²) in [4.78, 5) is 16.3. The first-order valence-corrected chi connectivity index (χ1v) is 13.5. The van der Waals surface area contributed by atoms with Crippen LogP contribution in [0.5, 0.6) is 11.5 Å². The van der Waals surface area contributed by atoms with Gasteiger partial charge in [-0.25, -0.2) is 12.8 Å². The Morgan fingerprint density at radius 3 is 2.56 bits per heavy atom. The van der Waals surface area contributed by atoms with Gasteiger partial charge in [-0.3, -0.25) is 9.78 Å². The summed E-state index contributed by atoms with van der Waals surface area (Å²) in [6, 6.07) is 12.8. The topological polar surface area (TPSA) is 89.7 Å². The summed E-state index contributed by atoms with van der Waals surface area (Å²) in [5.41, 5.74) is -0.0605. The average molecular weight is 563 g/mol. The summed E-state index contributed by atoms with van der Waals surface area (Å²) in [6.45, 7) is 0.168. The van der Waals surface area contributed by atoms with Crippen LogP contribution in [0.25, 0.3) is 11.0 Å². The van der Waals surface area contributed by atoms with Crippen LogP contribution in [0.3, 0.4) is 0 Å². The van der Waals surface area contributed by atoms with E-state index < -0.39 is 33.8 Å². The number of ketones is 1. The second kappa shape index (κ2) is 10.4. The Hall–Kier alpha value is -3.77. The van der Waals surface area contributed by atoms with Crippen molar-refractivity contribution in [2.24, 2.45) is 0 Å². The Labute approximate surface area is 221 Å². The van der Waals surface area contributed by atoms with Crippen molar-refractivity contribution in [1.82, 2.24) is 9.29 Å². The van der Waals surface area contributed by atoms with Crippen LogP contribution in [-0.2, 0) is 27.4 Å². The monoisotopic (exact) mass is 562 g/mol. The molecule has 1 fully saturated rings. The van der Waals surface area contributed by atoms with Gasteiger partial charge in [-0.2, -0.15) is 17.5 Å². The maximum atomic E-state index is 13.5. The van der Waals surface area contributed by atoms with Crippen LogP contribution in [0.2, 0.25) is 0 Å². The van der Waals surface area contributed by atoms with Crippen molar-refractivity contribution in [2.75, 3.05) is 6.54 Å². The van der Waals surface area contributed by atoms with Crippen LogP contribution in [0, 0.1) is 5.82 Å². The van der Waals surface area contributed by atoms with Gasteiger partial charge in [0.05, 0.1) is 6.04 Å². The Morgan fingerprint density at radius 1 is 1.05 bits per heavy atom. The minimum absolute atomic E-state index is 0.0163. The minimum Gasteiger partial charge on any atom is -0.457 e. The molecule has 3 heterocycles. The van der Waals surface area contributed by atoms with Crippen LogP contribution >= 0.6 is 0 Å². The standard InChI is InChI=1S/C27H22F4N2O5S/c28-19-6-10-24-18(14-19)15-26(38-24)39(35,36)33-13-1-2-22(33)23(34)9-5-17-3-7-20(8-4-17)37-21-11-12-32-25(16-21)27(29,30)31/h3-4,6-8,10-12,14-16,22H,1-2,5,9,13H2. The smallest absolute Gasteiger partial charge is 0.433 e. The zero-order valence-corrected chi connectivity index (χ0v) is 21.1. The predicted molar refractivity (Wildman–Crippen MR) is 132 cm³/mol. The summed E-state index contributed by atoms with van der Waals surface area (Å²) in [6.07, 6.45) is -2.26. The number of aryl methyl sites for hydroxylation is 1. The fourth-order valence-corrected chi connectivity index (χ4v) is 6.14. The molecular weight excluding hydrogens is 540 g/mol. The molecule has 39 heavy (non-hydrogen) atoms. The number of carbonyl (C=O) groups excluding carboxylic acids is 1. The lowest BCUT2D eigenvalue weighted by Gasteiger charge is -2.21. The Bertz CT molecular complexity index is 1620. The number of hydrogen-bond acceptors (Lipinski definition) is 6. The molecule has 0 bridgehead atoms. The molecule has 2 aromatic carbocycles. The van der Waals surface area contributed by atoms with Gasteiger partial charge in [0, 0.05) is 36.7 Å². The van der Waals surface area contributed by atoms with Crippen LogP contribution in [-0.4, -0.2) is 36.1 Å². The number of halogens is 4. The molecule has 204 valence electrons. The Morgan fingerprint density at radius 2 is 1.82 bits per heavy atom. The molecule has 0 spiro atoms. The number of fused-ring (bicyclic) bond motifs is 1. The van der Waals surface area contributed by atoms with Crippen LogP contribution in [0.4, 0.5) is 17.6 Å². The van der Waals surface area contributed by atoms with E-state index in [0.717, 1.165) is 22.1 Å². The quantitative estimate of drug-likeness (QED) is 0.240. The normalized spacial score (nSPS) is 16.6. The van der Waals surface area contributed by atoms with E-state index in [2.05, 4.69) is 4.98 Å². The number of carbonyl (C=O) groups is 1. The van der Waals surface area contributed by atoms with Crippen LogP contribution in [0.1, 0.15) is 30.5 Å². The van der Waals surface area contributed by atoms with E-state index in [1.807, 2.05) is 0 Å². The van der Waals surface area contributed by atoms with E-state index in [4.69, 9.17) is 9.15 Å². The molecule has 2 aromatic heterocycles.